The molecule has 0 fully saturated rings. The second-order valence-corrected chi connectivity index (χ2v) is 7.56. The number of fused-ring (bicyclic) bond motifs is 1. The van der Waals surface area contributed by atoms with Crippen molar-refractivity contribution in [3.05, 3.63) is 102 Å². The highest BCUT2D eigenvalue weighted by atomic mass is 16.2. The van der Waals surface area contributed by atoms with Gasteiger partial charge in [-0.05, 0) is 36.6 Å². The number of nitrogens with one attached hydrogen (secondary N) is 1. The maximum absolute atomic E-state index is 12.9. The van der Waals surface area contributed by atoms with E-state index in [0.29, 0.717) is 11.3 Å². The Bertz CT molecular complexity index is 1070. The minimum Gasteiger partial charge on any atom is -0.348 e. The number of nitrogens with zero attached hydrogens (tertiary/aromatic N) is 1. The highest BCUT2D eigenvalue weighted by Crippen LogP contribution is 2.33. The Morgan fingerprint density at radius 2 is 1.40 bits per heavy atom. The van der Waals surface area contributed by atoms with Crippen LogP contribution in [0, 0.1) is 0 Å². The van der Waals surface area contributed by atoms with E-state index < -0.39 is 6.04 Å². The van der Waals surface area contributed by atoms with Crippen molar-refractivity contribution < 1.29 is 9.59 Å². The van der Waals surface area contributed by atoms with E-state index in [-0.39, 0.29) is 17.9 Å². The van der Waals surface area contributed by atoms with E-state index in [0.717, 1.165) is 22.3 Å². The zero-order valence-corrected chi connectivity index (χ0v) is 17.1. The van der Waals surface area contributed by atoms with Crippen molar-refractivity contribution in [2.24, 2.45) is 0 Å². The van der Waals surface area contributed by atoms with Gasteiger partial charge >= 0.3 is 0 Å². The normalized spacial score (nSPS) is 14.9. The zero-order chi connectivity index (χ0) is 21.3. The standard InChI is InChI=1S/C26H24N2O2/c1-17(20-13-15-22(16-14-20)21-9-5-4-6-10-21)27-25(29)19(3)28-18(2)23-11-7-8-12-24(23)26(28)30/h4-17,19H,2H2,1,3H3,(H,27,29)/t17-,19-/m1/s1. The van der Waals surface area contributed by atoms with Gasteiger partial charge in [-0.1, -0.05) is 79.4 Å². The lowest BCUT2D eigenvalue weighted by molar-refractivity contribution is -0.124. The van der Waals surface area contributed by atoms with Gasteiger partial charge in [-0.25, -0.2) is 0 Å². The summed E-state index contributed by atoms with van der Waals surface area (Å²) in [6.07, 6.45) is 0. The first-order valence-corrected chi connectivity index (χ1v) is 10.0. The van der Waals surface area contributed by atoms with Gasteiger partial charge in [0.25, 0.3) is 5.91 Å². The summed E-state index contributed by atoms with van der Waals surface area (Å²) in [7, 11) is 0. The molecule has 1 heterocycles. The third-order valence-electron chi connectivity index (χ3n) is 5.62. The maximum atomic E-state index is 12.9. The maximum Gasteiger partial charge on any atom is 0.259 e. The lowest BCUT2D eigenvalue weighted by atomic mass is 10.0. The SMILES string of the molecule is C=C1c2ccccc2C(=O)N1[C@H](C)C(=O)N[C@H](C)c1ccc(-c2ccccc2)cc1. The molecule has 0 aromatic heterocycles. The highest BCUT2D eigenvalue weighted by Gasteiger charge is 2.36. The number of hydrogen-bond acceptors (Lipinski definition) is 2. The van der Waals surface area contributed by atoms with Crippen molar-refractivity contribution in [1.29, 1.82) is 0 Å². The van der Waals surface area contributed by atoms with E-state index in [1.807, 2.05) is 55.5 Å². The van der Waals surface area contributed by atoms with Gasteiger partial charge in [0.2, 0.25) is 5.91 Å². The molecule has 2 amide bonds. The van der Waals surface area contributed by atoms with Crippen LogP contribution in [-0.2, 0) is 4.79 Å². The monoisotopic (exact) mass is 396 g/mol. The van der Waals surface area contributed by atoms with Gasteiger partial charge in [-0.15, -0.1) is 0 Å². The van der Waals surface area contributed by atoms with Gasteiger partial charge in [-0.2, -0.15) is 0 Å². The first-order chi connectivity index (χ1) is 14.5. The summed E-state index contributed by atoms with van der Waals surface area (Å²) in [6.45, 7) is 7.71. The Labute approximate surface area is 176 Å². The molecule has 4 rings (SSSR count). The number of carbonyl (C=O) groups excluding carboxylic acids is 2. The molecule has 1 N–H and O–H groups in total. The van der Waals surface area contributed by atoms with E-state index in [1.165, 1.54) is 4.90 Å². The van der Waals surface area contributed by atoms with Gasteiger partial charge in [0, 0.05) is 16.8 Å². The fraction of sp³-hybridized carbons (Fsp3) is 0.154. The van der Waals surface area contributed by atoms with E-state index in [9.17, 15) is 9.59 Å². The molecule has 0 unspecified atom stereocenters. The highest BCUT2D eigenvalue weighted by molar-refractivity contribution is 6.10. The Hall–Kier alpha value is -3.66. The van der Waals surface area contributed by atoms with Crippen LogP contribution in [0.2, 0.25) is 0 Å². The lowest BCUT2D eigenvalue weighted by Gasteiger charge is -2.26. The summed E-state index contributed by atoms with van der Waals surface area (Å²) in [4.78, 5) is 27.1. The van der Waals surface area contributed by atoms with Gasteiger partial charge in [0.1, 0.15) is 6.04 Å². The zero-order valence-electron chi connectivity index (χ0n) is 17.1. The molecule has 1 aliphatic rings. The Balaban J connectivity index is 1.45. The van der Waals surface area contributed by atoms with Crippen molar-refractivity contribution >= 4 is 17.5 Å². The number of rotatable bonds is 5. The molecule has 0 radical (unpaired) electrons. The lowest BCUT2D eigenvalue weighted by Crippen LogP contribution is -2.45. The fourth-order valence-corrected chi connectivity index (χ4v) is 3.84. The molecule has 0 bridgehead atoms. The molecule has 0 saturated carbocycles. The van der Waals surface area contributed by atoms with Crippen LogP contribution in [0.5, 0.6) is 0 Å². The first-order valence-electron chi connectivity index (χ1n) is 10.0. The van der Waals surface area contributed by atoms with E-state index >= 15 is 0 Å². The van der Waals surface area contributed by atoms with Crippen LogP contribution in [0.3, 0.4) is 0 Å². The molecule has 0 spiro atoms. The Morgan fingerprint density at radius 1 is 0.833 bits per heavy atom. The minimum absolute atomic E-state index is 0.182. The van der Waals surface area contributed by atoms with Gasteiger partial charge in [0.05, 0.1) is 6.04 Å². The van der Waals surface area contributed by atoms with Crippen LogP contribution in [0.15, 0.2) is 85.4 Å². The second kappa shape index (κ2) is 7.99. The third-order valence-corrected chi connectivity index (χ3v) is 5.62. The van der Waals surface area contributed by atoms with Gasteiger partial charge < -0.3 is 5.32 Å². The molecule has 1 aliphatic heterocycles. The first kappa shape index (κ1) is 19.6. The molecular formula is C26H24N2O2. The van der Waals surface area contributed by atoms with Crippen molar-refractivity contribution in [1.82, 2.24) is 10.2 Å². The molecule has 4 heteroatoms. The molecule has 2 atom stereocenters. The average molecular weight is 396 g/mol. The average Bonchev–Trinajstić information content (AvgIpc) is 3.04. The largest absolute Gasteiger partial charge is 0.348 e. The van der Waals surface area contributed by atoms with Gasteiger partial charge in [-0.3, -0.25) is 14.5 Å². The second-order valence-electron chi connectivity index (χ2n) is 7.56. The third kappa shape index (κ3) is 3.52. The number of hydrogen-bond donors (Lipinski definition) is 1. The predicted molar refractivity (Wildman–Crippen MR) is 120 cm³/mol. The summed E-state index contributed by atoms with van der Waals surface area (Å²) < 4.78 is 0. The summed E-state index contributed by atoms with van der Waals surface area (Å²) in [5, 5.41) is 3.03. The Morgan fingerprint density at radius 3 is 2.03 bits per heavy atom. The van der Waals surface area contributed by atoms with Crippen molar-refractivity contribution in [2.75, 3.05) is 0 Å². The van der Waals surface area contributed by atoms with Crippen molar-refractivity contribution in [3.8, 4) is 11.1 Å². The van der Waals surface area contributed by atoms with Crippen LogP contribution in [0.1, 0.15) is 41.4 Å². The van der Waals surface area contributed by atoms with Crippen molar-refractivity contribution in [3.63, 3.8) is 0 Å². The summed E-state index contributed by atoms with van der Waals surface area (Å²) in [6, 6.07) is 24.8. The number of carbonyl (C=O) groups is 2. The molecule has 4 nitrogen and oxygen atoms in total. The van der Waals surface area contributed by atoms with E-state index in [1.54, 1.807) is 13.0 Å². The van der Waals surface area contributed by atoms with Crippen LogP contribution in [0.25, 0.3) is 16.8 Å². The quantitative estimate of drug-likeness (QED) is 0.656. The van der Waals surface area contributed by atoms with Crippen molar-refractivity contribution in [2.45, 2.75) is 25.9 Å². The fourth-order valence-electron chi connectivity index (χ4n) is 3.84. The van der Waals surface area contributed by atoms with Crippen LogP contribution >= 0.6 is 0 Å². The molecule has 0 aliphatic carbocycles. The van der Waals surface area contributed by atoms with Gasteiger partial charge in [0.15, 0.2) is 0 Å². The summed E-state index contributed by atoms with van der Waals surface area (Å²) in [5.74, 6) is -0.393. The van der Waals surface area contributed by atoms with E-state index in [2.05, 4.69) is 36.2 Å². The molecule has 0 saturated heterocycles. The molecule has 150 valence electrons. The topological polar surface area (TPSA) is 49.4 Å². The van der Waals surface area contributed by atoms with Crippen LogP contribution < -0.4 is 5.32 Å². The number of benzene rings is 3. The Kier molecular flexibility index (Phi) is 5.23. The van der Waals surface area contributed by atoms with Crippen LogP contribution in [-0.4, -0.2) is 22.8 Å². The molecule has 3 aromatic carbocycles. The summed E-state index contributed by atoms with van der Waals surface area (Å²) in [5.41, 5.74) is 5.23. The van der Waals surface area contributed by atoms with Crippen LogP contribution in [0.4, 0.5) is 0 Å². The molecular weight excluding hydrogens is 372 g/mol. The van der Waals surface area contributed by atoms with E-state index in [4.69, 9.17) is 0 Å². The minimum atomic E-state index is -0.650. The smallest absolute Gasteiger partial charge is 0.259 e. The molecule has 30 heavy (non-hydrogen) atoms. The summed E-state index contributed by atoms with van der Waals surface area (Å²) >= 11 is 0. The predicted octanol–water partition coefficient (Wildman–Crippen LogP) is 5.05. The molecule has 3 aromatic rings. The number of amides is 2.